The molecular formula is C22H19N3O4S. The Morgan fingerprint density at radius 2 is 1.93 bits per heavy atom. The Kier molecular flexibility index (Phi) is 4.71. The Morgan fingerprint density at radius 3 is 2.77 bits per heavy atom. The van der Waals surface area contributed by atoms with Crippen LogP contribution in [0.1, 0.15) is 15.9 Å². The number of carbonyl (C=O) groups excluding carboxylic acids is 1. The summed E-state index contributed by atoms with van der Waals surface area (Å²) in [6.07, 6.45) is 0. The van der Waals surface area contributed by atoms with Crippen LogP contribution in [0.4, 0.5) is 0 Å². The first-order valence-electron chi connectivity index (χ1n) is 9.52. The first kappa shape index (κ1) is 18.7. The molecule has 8 heteroatoms. The van der Waals surface area contributed by atoms with Crippen LogP contribution < -0.4 is 14.2 Å². The number of ketones is 1. The van der Waals surface area contributed by atoms with Gasteiger partial charge in [-0.1, -0.05) is 11.8 Å². The van der Waals surface area contributed by atoms with Crippen molar-refractivity contribution in [2.24, 2.45) is 0 Å². The number of rotatable bonds is 5. The zero-order chi connectivity index (χ0) is 20.7. The average molecular weight is 421 g/mol. The van der Waals surface area contributed by atoms with Crippen molar-refractivity contribution in [1.82, 2.24) is 14.6 Å². The van der Waals surface area contributed by atoms with E-state index in [4.69, 9.17) is 14.2 Å². The molecular weight excluding hydrogens is 402 g/mol. The van der Waals surface area contributed by atoms with Crippen molar-refractivity contribution in [3.05, 3.63) is 53.6 Å². The molecule has 7 nitrogen and oxygen atoms in total. The van der Waals surface area contributed by atoms with Crippen LogP contribution in [0.2, 0.25) is 0 Å². The molecule has 30 heavy (non-hydrogen) atoms. The first-order valence-corrected chi connectivity index (χ1v) is 10.5. The predicted octanol–water partition coefficient (Wildman–Crippen LogP) is 3.95. The summed E-state index contributed by atoms with van der Waals surface area (Å²) in [6.45, 7) is 3.01. The van der Waals surface area contributed by atoms with Crippen LogP contribution in [0, 0.1) is 6.92 Å². The number of Topliss-reactive ketones (excluding diaryl/α,β-unsaturated/α-hetero) is 1. The van der Waals surface area contributed by atoms with E-state index in [1.165, 1.54) is 11.8 Å². The van der Waals surface area contributed by atoms with Gasteiger partial charge in [0, 0.05) is 11.6 Å². The second kappa shape index (κ2) is 7.53. The van der Waals surface area contributed by atoms with Crippen molar-refractivity contribution in [1.29, 1.82) is 0 Å². The van der Waals surface area contributed by atoms with Gasteiger partial charge in [-0.2, -0.15) is 0 Å². The van der Waals surface area contributed by atoms with Crippen molar-refractivity contribution in [2.75, 3.05) is 26.1 Å². The summed E-state index contributed by atoms with van der Waals surface area (Å²) in [7, 11) is 1.64. The molecule has 0 saturated heterocycles. The molecule has 0 N–H and O–H groups in total. The van der Waals surface area contributed by atoms with Crippen LogP contribution in [0.5, 0.6) is 17.2 Å². The third-order valence-electron chi connectivity index (χ3n) is 5.03. The second-order valence-electron chi connectivity index (χ2n) is 6.96. The smallest absolute Gasteiger partial charge is 0.196 e. The number of thioether (sulfide) groups is 1. The van der Waals surface area contributed by atoms with Crippen molar-refractivity contribution >= 4 is 34.1 Å². The number of aromatic nitrogens is 3. The fraction of sp³-hybridized carbons (Fsp3) is 0.227. The maximum Gasteiger partial charge on any atom is 0.196 e. The summed E-state index contributed by atoms with van der Waals surface area (Å²) in [5.41, 5.74) is 3.31. The number of nitrogens with zero attached hydrogens (tertiary/aromatic N) is 3. The number of fused-ring (bicyclic) bond motifs is 4. The first-order chi connectivity index (χ1) is 14.6. The molecule has 3 heterocycles. The fourth-order valence-corrected chi connectivity index (χ4v) is 4.37. The average Bonchev–Trinajstić information content (AvgIpc) is 3.22. The van der Waals surface area contributed by atoms with Gasteiger partial charge in [0.05, 0.1) is 18.4 Å². The van der Waals surface area contributed by atoms with Gasteiger partial charge in [-0.15, -0.1) is 10.2 Å². The second-order valence-corrected chi connectivity index (χ2v) is 7.91. The van der Waals surface area contributed by atoms with Crippen LogP contribution in [-0.2, 0) is 0 Å². The number of ether oxygens (including phenoxy) is 3. The van der Waals surface area contributed by atoms with Crippen molar-refractivity contribution in [3.8, 4) is 17.2 Å². The lowest BCUT2D eigenvalue weighted by Crippen LogP contribution is -2.16. The molecule has 5 rings (SSSR count). The summed E-state index contributed by atoms with van der Waals surface area (Å²) in [5, 5.41) is 10.4. The monoisotopic (exact) mass is 421 g/mol. The molecule has 0 unspecified atom stereocenters. The largest absolute Gasteiger partial charge is 0.497 e. The van der Waals surface area contributed by atoms with E-state index in [9.17, 15) is 4.79 Å². The Hall–Kier alpha value is -3.26. The number of benzene rings is 2. The topological polar surface area (TPSA) is 75.0 Å². The minimum absolute atomic E-state index is 0.0109. The zero-order valence-corrected chi connectivity index (χ0v) is 17.4. The molecule has 0 radical (unpaired) electrons. The van der Waals surface area contributed by atoms with E-state index < -0.39 is 0 Å². The Balaban J connectivity index is 1.46. The van der Waals surface area contributed by atoms with E-state index in [1.54, 1.807) is 25.3 Å². The Bertz CT molecular complexity index is 1280. The summed E-state index contributed by atoms with van der Waals surface area (Å²) in [5.74, 6) is 2.26. The molecule has 0 amide bonds. The number of methoxy groups -OCH3 is 1. The third kappa shape index (κ3) is 3.23. The molecule has 2 aromatic carbocycles. The SMILES string of the molecule is COc1ccc2cc(C)c3nnc(SCC(=O)c4ccc5c(c4)OCCO5)n3c2c1. The summed E-state index contributed by atoms with van der Waals surface area (Å²) >= 11 is 1.36. The van der Waals surface area contributed by atoms with E-state index in [-0.39, 0.29) is 11.5 Å². The fourth-order valence-electron chi connectivity index (χ4n) is 3.53. The summed E-state index contributed by atoms with van der Waals surface area (Å²) < 4.78 is 18.5. The van der Waals surface area contributed by atoms with E-state index in [0.29, 0.717) is 35.4 Å². The Labute approximate surface area is 177 Å². The molecule has 2 aromatic heterocycles. The van der Waals surface area contributed by atoms with E-state index in [2.05, 4.69) is 16.3 Å². The maximum absolute atomic E-state index is 12.8. The predicted molar refractivity (Wildman–Crippen MR) is 114 cm³/mol. The lowest BCUT2D eigenvalue weighted by Gasteiger charge is -2.18. The van der Waals surface area contributed by atoms with E-state index in [1.807, 2.05) is 29.5 Å². The highest BCUT2D eigenvalue weighted by atomic mass is 32.2. The van der Waals surface area contributed by atoms with E-state index >= 15 is 0 Å². The molecule has 0 bridgehead atoms. The van der Waals surface area contributed by atoms with Crippen molar-refractivity contribution < 1.29 is 19.0 Å². The lowest BCUT2D eigenvalue weighted by molar-refractivity contribution is 0.102. The minimum Gasteiger partial charge on any atom is -0.497 e. The summed E-state index contributed by atoms with van der Waals surface area (Å²) in [6, 6.07) is 13.3. The van der Waals surface area contributed by atoms with Crippen LogP contribution in [0.15, 0.2) is 47.6 Å². The van der Waals surface area contributed by atoms with Gasteiger partial charge in [-0.05, 0) is 54.3 Å². The van der Waals surface area contributed by atoms with Gasteiger partial charge in [-0.25, -0.2) is 0 Å². The molecule has 152 valence electrons. The third-order valence-corrected chi connectivity index (χ3v) is 5.96. The van der Waals surface area contributed by atoms with Crippen LogP contribution >= 0.6 is 11.8 Å². The zero-order valence-electron chi connectivity index (χ0n) is 16.5. The standard InChI is InChI=1S/C22H19N3O4S/c1-13-9-14-3-5-16(27-2)11-17(14)25-21(13)23-24-22(25)30-12-18(26)15-4-6-19-20(10-15)29-8-7-28-19/h3-6,9-11H,7-8,12H2,1-2H3. The quantitative estimate of drug-likeness (QED) is 0.357. The van der Waals surface area contributed by atoms with Crippen LogP contribution in [0.3, 0.4) is 0 Å². The molecule has 0 aliphatic carbocycles. The summed E-state index contributed by atoms with van der Waals surface area (Å²) in [4.78, 5) is 12.8. The van der Waals surface area contributed by atoms with Crippen molar-refractivity contribution in [2.45, 2.75) is 12.1 Å². The number of hydrogen-bond acceptors (Lipinski definition) is 7. The molecule has 0 saturated carbocycles. The number of carbonyl (C=O) groups is 1. The molecule has 0 spiro atoms. The van der Waals surface area contributed by atoms with Gasteiger partial charge in [0.25, 0.3) is 0 Å². The van der Waals surface area contributed by atoms with Gasteiger partial charge < -0.3 is 14.2 Å². The molecule has 1 aliphatic rings. The minimum atomic E-state index is -0.0109. The number of aryl methyl sites for hydroxylation is 1. The van der Waals surface area contributed by atoms with Crippen LogP contribution in [0.25, 0.3) is 16.6 Å². The lowest BCUT2D eigenvalue weighted by atomic mass is 10.1. The normalized spacial score (nSPS) is 13.0. The highest BCUT2D eigenvalue weighted by Crippen LogP contribution is 2.32. The van der Waals surface area contributed by atoms with Gasteiger partial charge >= 0.3 is 0 Å². The van der Waals surface area contributed by atoms with Gasteiger partial charge in [0.1, 0.15) is 19.0 Å². The maximum atomic E-state index is 12.8. The molecule has 0 atom stereocenters. The van der Waals surface area contributed by atoms with Gasteiger partial charge in [0.15, 0.2) is 28.1 Å². The highest BCUT2D eigenvalue weighted by Gasteiger charge is 2.18. The molecule has 1 aliphatic heterocycles. The van der Waals surface area contributed by atoms with Gasteiger partial charge in [-0.3, -0.25) is 9.20 Å². The van der Waals surface area contributed by atoms with Crippen LogP contribution in [-0.4, -0.2) is 46.5 Å². The molecule has 4 aromatic rings. The van der Waals surface area contributed by atoms with Crippen molar-refractivity contribution in [3.63, 3.8) is 0 Å². The highest BCUT2D eigenvalue weighted by molar-refractivity contribution is 7.99. The van der Waals surface area contributed by atoms with Gasteiger partial charge in [0.2, 0.25) is 0 Å². The number of pyridine rings is 1. The number of hydrogen-bond donors (Lipinski definition) is 0. The van der Waals surface area contributed by atoms with E-state index in [0.717, 1.165) is 27.9 Å². The Morgan fingerprint density at radius 1 is 1.10 bits per heavy atom. The molecule has 0 fully saturated rings.